The maximum absolute atomic E-state index is 13.0. The highest BCUT2D eigenvalue weighted by Gasteiger charge is 2.16. The Hall–Kier alpha value is -2.27. The number of aliphatic imine (C=N–C) groups is 1. The molecule has 0 saturated heterocycles. The number of nitrogens with one attached hydrogen (secondary N) is 1. The number of halogens is 1. The van der Waals surface area contributed by atoms with Crippen LogP contribution in [0.1, 0.15) is 41.1 Å². The third-order valence-corrected chi connectivity index (χ3v) is 5.23. The second-order valence-electron chi connectivity index (χ2n) is 5.87. The van der Waals surface area contributed by atoms with Crippen molar-refractivity contribution in [1.82, 2.24) is 10.3 Å². The second-order valence-corrected chi connectivity index (χ2v) is 6.87. The zero-order valence-electron chi connectivity index (χ0n) is 16.3. The van der Waals surface area contributed by atoms with Crippen LogP contribution < -0.4 is 5.32 Å². The molecule has 0 aliphatic rings. The standard InChI is InChI=1S/C19H20FN3S.C2H6/c1-11-9-12(2)23-19-16(11)13(3)17(24-19)18(21-4)22-10-14-5-7-15(20)8-6-14;1-2/h5-9H,10H2,1-4H3,(H,21,22);1-2H3. The van der Waals surface area contributed by atoms with Gasteiger partial charge in [0, 0.05) is 24.7 Å². The van der Waals surface area contributed by atoms with Gasteiger partial charge < -0.3 is 5.32 Å². The quantitative estimate of drug-likeness (QED) is 0.484. The predicted molar refractivity (Wildman–Crippen MR) is 111 cm³/mol. The summed E-state index contributed by atoms with van der Waals surface area (Å²) in [6.07, 6.45) is 0. The van der Waals surface area contributed by atoms with Gasteiger partial charge in [0.1, 0.15) is 16.5 Å². The van der Waals surface area contributed by atoms with E-state index in [0.717, 1.165) is 26.8 Å². The van der Waals surface area contributed by atoms with Crippen LogP contribution in [0.25, 0.3) is 10.2 Å². The molecule has 0 radical (unpaired) electrons. The molecule has 0 saturated carbocycles. The monoisotopic (exact) mass is 371 g/mol. The maximum atomic E-state index is 13.0. The molecule has 138 valence electrons. The zero-order valence-corrected chi connectivity index (χ0v) is 17.1. The summed E-state index contributed by atoms with van der Waals surface area (Å²) in [5.41, 5.74) is 4.49. The molecule has 2 heterocycles. The van der Waals surface area contributed by atoms with Crippen molar-refractivity contribution in [2.24, 2.45) is 4.99 Å². The van der Waals surface area contributed by atoms with Gasteiger partial charge in [0.2, 0.25) is 0 Å². The van der Waals surface area contributed by atoms with Crippen LogP contribution in [0.4, 0.5) is 4.39 Å². The topological polar surface area (TPSA) is 37.3 Å². The van der Waals surface area contributed by atoms with Crippen molar-refractivity contribution in [1.29, 1.82) is 0 Å². The molecular weight excluding hydrogens is 345 g/mol. The minimum atomic E-state index is -0.222. The SMILES string of the molecule is CC.CN=C(NCc1ccc(F)cc1)c1sc2nc(C)cc(C)c2c1C. The van der Waals surface area contributed by atoms with Crippen LogP contribution >= 0.6 is 11.3 Å². The molecule has 26 heavy (non-hydrogen) atoms. The Morgan fingerprint density at radius 1 is 1.15 bits per heavy atom. The minimum Gasteiger partial charge on any atom is -0.365 e. The van der Waals surface area contributed by atoms with Gasteiger partial charge in [-0.05, 0) is 55.7 Å². The van der Waals surface area contributed by atoms with E-state index in [1.54, 1.807) is 30.5 Å². The van der Waals surface area contributed by atoms with Crippen LogP contribution in [0.15, 0.2) is 35.3 Å². The number of aryl methyl sites for hydroxylation is 3. The van der Waals surface area contributed by atoms with E-state index >= 15 is 0 Å². The number of fused-ring (bicyclic) bond motifs is 1. The number of rotatable bonds is 3. The van der Waals surface area contributed by atoms with E-state index < -0.39 is 0 Å². The number of benzene rings is 1. The molecular formula is C21H26FN3S. The fraction of sp³-hybridized carbons (Fsp3) is 0.333. The molecule has 1 aromatic carbocycles. The van der Waals surface area contributed by atoms with Crippen molar-refractivity contribution in [3.63, 3.8) is 0 Å². The molecule has 0 aliphatic heterocycles. The van der Waals surface area contributed by atoms with Crippen LogP contribution in [-0.4, -0.2) is 17.9 Å². The van der Waals surface area contributed by atoms with Crippen molar-refractivity contribution in [3.05, 3.63) is 63.4 Å². The van der Waals surface area contributed by atoms with E-state index in [1.807, 2.05) is 20.8 Å². The predicted octanol–water partition coefficient (Wildman–Crippen LogP) is 5.55. The zero-order chi connectivity index (χ0) is 19.3. The summed E-state index contributed by atoms with van der Waals surface area (Å²) in [5.74, 6) is 0.622. The molecule has 5 heteroatoms. The molecule has 0 spiro atoms. The van der Waals surface area contributed by atoms with Crippen LogP contribution in [0.3, 0.4) is 0 Å². The molecule has 0 amide bonds. The third kappa shape index (κ3) is 4.28. The molecule has 0 fully saturated rings. The van der Waals surface area contributed by atoms with Gasteiger partial charge in [0.15, 0.2) is 0 Å². The molecule has 1 N–H and O–H groups in total. The summed E-state index contributed by atoms with van der Waals surface area (Å²) in [6.45, 7) is 10.9. The lowest BCUT2D eigenvalue weighted by Gasteiger charge is -2.09. The number of pyridine rings is 1. The van der Waals surface area contributed by atoms with E-state index in [9.17, 15) is 4.39 Å². The highest BCUT2D eigenvalue weighted by molar-refractivity contribution is 7.20. The lowest BCUT2D eigenvalue weighted by atomic mass is 10.1. The van der Waals surface area contributed by atoms with Gasteiger partial charge in [0.05, 0.1) is 4.88 Å². The largest absolute Gasteiger partial charge is 0.365 e. The fourth-order valence-electron chi connectivity index (χ4n) is 2.89. The first-order chi connectivity index (χ1) is 12.5. The van der Waals surface area contributed by atoms with Gasteiger partial charge in [-0.25, -0.2) is 9.37 Å². The number of nitrogens with zero attached hydrogens (tertiary/aromatic N) is 2. The summed E-state index contributed by atoms with van der Waals surface area (Å²) in [7, 11) is 1.78. The average molecular weight is 372 g/mol. The number of hydrogen-bond donors (Lipinski definition) is 1. The van der Waals surface area contributed by atoms with Crippen LogP contribution in [0.5, 0.6) is 0 Å². The Balaban J connectivity index is 0.00000117. The lowest BCUT2D eigenvalue weighted by Crippen LogP contribution is -2.23. The summed E-state index contributed by atoms with van der Waals surface area (Å²) in [5, 5.41) is 4.58. The smallest absolute Gasteiger partial charge is 0.138 e. The number of amidine groups is 1. The van der Waals surface area contributed by atoms with Crippen molar-refractivity contribution < 1.29 is 4.39 Å². The number of thiophene rings is 1. The Labute approximate surface area is 159 Å². The van der Waals surface area contributed by atoms with E-state index in [4.69, 9.17) is 0 Å². The van der Waals surface area contributed by atoms with Gasteiger partial charge >= 0.3 is 0 Å². The summed E-state index contributed by atoms with van der Waals surface area (Å²) >= 11 is 1.66. The molecule has 3 aromatic rings. The Morgan fingerprint density at radius 2 is 1.81 bits per heavy atom. The summed E-state index contributed by atoms with van der Waals surface area (Å²) < 4.78 is 13.0. The van der Waals surface area contributed by atoms with Gasteiger partial charge in [-0.15, -0.1) is 11.3 Å². The molecule has 3 rings (SSSR count). The third-order valence-electron chi connectivity index (χ3n) is 4.04. The maximum Gasteiger partial charge on any atom is 0.138 e. The molecule has 2 aromatic heterocycles. The molecule has 0 atom stereocenters. The average Bonchev–Trinajstić information content (AvgIpc) is 2.95. The first kappa shape index (κ1) is 20.0. The first-order valence-electron chi connectivity index (χ1n) is 8.82. The Morgan fingerprint density at radius 3 is 2.42 bits per heavy atom. The van der Waals surface area contributed by atoms with Crippen molar-refractivity contribution >= 4 is 27.4 Å². The van der Waals surface area contributed by atoms with E-state index in [1.165, 1.54) is 28.6 Å². The van der Waals surface area contributed by atoms with Crippen LogP contribution in [-0.2, 0) is 6.54 Å². The fourth-order valence-corrected chi connectivity index (χ4v) is 4.21. The minimum absolute atomic E-state index is 0.222. The number of hydrogen-bond acceptors (Lipinski definition) is 3. The van der Waals surface area contributed by atoms with Gasteiger partial charge in [-0.1, -0.05) is 26.0 Å². The Kier molecular flexibility index (Phi) is 6.86. The normalized spacial score (nSPS) is 11.3. The summed E-state index contributed by atoms with van der Waals surface area (Å²) in [6, 6.07) is 8.62. The van der Waals surface area contributed by atoms with Crippen LogP contribution in [0.2, 0.25) is 0 Å². The lowest BCUT2D eigenvalue weighted by molar-refractivity contribution is 0.626. The Bertz CT molecular complexity index is 911. The van der Waals surface area contributed by atoms with Crippen molar-refractivity contribution in [2.45, 2.75) is 41.2 Å². The molecule has 0 bridgehead atoms. The van der Waals surface area contributed by atoms with Gasteiger partial charge in [-0.3, -0.25) is 4.99 Å². The van der Waals surface area contributed by atoms with E-state index in [-0.39, 0.29) is 5.82 Å². The second kappa shape index (κ2) is 8.90. The van der Waals surface area contributed by atoms with Crippen molar-refractivity contribution in [3.8, 4) is 0 Å². The van der Waals surface area contributed by atoms with Gasteiger partial charge in [-0.2, -0.15) is 0 Å². The first-order valence-corrected chi connectivity index (χ1v) is 9.64. The molecule has 3 nitrogen and oxygen atoms in total. The number of aromatic nitrogens is 1. The van der Waals surface area contributed by atoms with Gasteiger partial charge in [0.25, 0.3) is 0 Å². The van der Waals surface area contributed by atoms with Crippen molar-refractivity contribution in [2.75, 3.05) is 7.05 Å². The highest BCUT2D eigenvalue weighted by atomic mass is 32.1. The molecule has 0 unspecified atom stereocenters. The van der Waals surface area contributed by atoms with E-state index in [0.29, 0.717) is 6.54 Å². The summed E-state index contributed by atoms with van der Waals surface area (Å²) in [4.78, 5) is 11.2. The van der Waals surface area contributed by atoms with E-state index in [2.05, 4.69) is 35.2 Å². The molecule has 0 aliphatic carbocycles. The van der Waals surface area contributed by atoms with Crippen LogP contribution in [0, 0.1) is 26.6 Å². The highest BCUT2D eigenvalue weighted by Crippen LogP contribution is 2.32.